The van der Waals surface area contributed by atoms with Gasteiger partial charge < -0.3 is 0 Å². The largest absolute Gasteiger partial charge is 0.299 e. The Hall–Kier alpha value is -1.25. The van der Waals surface area contributed by atoms with E-state index in [9.17, 15) is 9.59 Å². The number of allylic oxidation sites excluding steroid dienone is 1. The molecule has 0 N–H and O–H groups in total. The molecule has 0 saturated heterocycles. The monoisotopic (exact) mass is 137 g/mol. The van der Waals surface area contributed by atoms with Crippen LogP contribution in [0.15, 0.2) is 17.1 Å². The number of carbonyl (C=O) groups excluding carboxylic acids is 2. The molecule has 10 heavy (non-hydrogen) atoms. The lowest BCUT2D eigenvalue weighted by Crippen LogP contribution is -2.13. The molecule has 1 aliphatic heterocycles. The van der Waals surface area contributed by atoms with E-state index in [1.54, 1.807) is 6.08 Å². The van der Waals surface area contributed by atoms with E-state index < -0.39 is 0 Å². The Balaban J connectivity index is 2.71. The molecule has 3 heteroatoms. The Labute approximate surface area is 58.5 Å². The molecular formula is C7H7NO2. The van der Waals surface area contributed by atoms with E-state index in [1.807, 2.05) is 0 Å². The minimum absolute atomic E-state index is 0.00694. The standard InChI is InChI=1S/C7H7NO2/c1-5(9)6-2-3-7(10)8-4-6/h2-4,6H,1H3. The molecule has 0 bridgehead atoms. The number of amides is 1. The van der Waals surface area contributed by atoms with Gasteiger partial charge in [0, 0.05) is 12.3 Å². The number of rotatable bonds is 1. The van der Waals surface area contributed by atoms with Gasteiger partial charge in [-0.25, -0.2) is 4.99 Å². The summed E-state index contributed by atoms with van der Waals surface area (Å²) in [5.74, 6) is -0.581. The highest BCUT2D eigenvalue weighted by Gasteiger charge is 2.11. The van der Waals surface area contributed by atoms with Crippen LogP contribution in [0, 0.1) is 5.92 Å². The molecule has 0 aliphatic carbocycles. The van der Waals surface area contributed by atoms with Crippen LogP contribution >= 0.6 is 0 Å². The average molecular weight is 137 g/mol. The van der Waals surface area contributed by atoms with Gasteiger partial charge in [0.1, 0.15) is 5.78 Å². The second kappa shape index (κ2) is 2.56. The minimum atomic E-state index is -0.294. The Morgan fingerprint density at radius 3 is 2.80 bits per heavy atom. The Kier molecular flexibility index (Phi) is 1.76. The second-order valence-electron chi connectivity index (χ2n) is 2.11. The molecule has 1 heterocycles. The highest BCUT2D eigenvalue weighted by atomic mass is 16.1. The fourth-order valence-electron chi connectivity index (χ4n) is 0.673. The van der Waals surface area contributed by atoms with Gasteiger partial charge in [-0.1, -0.05) is 6.08 Å². The summed E-state index contributed by atoms with van der Waals surface area (Å²) in [7, 11) is 0. The van der Waals surface area contributed by atoms with E-state index in [0.29, 0.717) is 0 Å². The summed E-state index contributed by atoms with van der Waals surface area (Å²) in [6.45, 7) is 1.47. The summed E-state index contributed by atoms with van der Waals surface area (Å²) in [4.78, 5) is 24.5. The zero-order chi connectivity index (χ0) is 7.56. The van der Waals surface area contributed by atoms with Crippen LogP contribution < -0.4 is 0 Å². The highest BCUT2D eigenvalue weighted by molar-refractivity contribution is 6.05. The first-order valence-corrected chi connectivity index (χ1v) is 2.97. The zero-order valence-electron chi connectivity index (χ0n) is 5.57. The number of nitrogens with zero attached hydrogens (tertiary/aromatic N) is 1. The fraction of sp³-hybridized carbons (Fsp3) is 0.286. The maximum Gasteiger partial charge on any atom is 0.269 e. The molecule has 0 spiro atoms. The highest BCUT2D eigenvalue weighted by Crippen LogP contribution is 2.02. The molecule has 0 fully saturated rings. The number of ketones is 1. The summed E-state index contributed by atoms with van der Waals surface area (Å²) < 4.78 is 0. The van der Waals surface area contributed by atoms with Crippen molar-refractivity contribution < 1.29 is 9.59 Å². The van der Waals surface area contributed by atoms with Crippen LogP contribution in [0.3, 0.4) is 0 Å². The first-order valence-electron chi connectivity index (χ1n) is 2.97. The predicted molar refractivity (Wildman–Crippen MR) is 36.8 cm³/mol. The molecule has 1 amide bonds. The van der Waals surface area contributed by atoms with Crippen molar-refractivity contribution in [3.63, 3.8) is 0 Å². The van der Waals surface area contributed by atoms with Crippen molar-refractivity contribution in [1.82, 2.24) is 0 Å². The van der Waals surface area contributed by atoms with Crippen LogP contribution in [0.25, 0.3) is 0 Å². The average Bonchev–Trinajstić information content (AvgIpc) is 1.88. The lowest BCUT2D eigenvalue weighted by Gasteiger charge is -2.02. The van der Waals surface area contributed by atoms with Crippen molar-refractivity contribution in [3.05, 3.63) is 12.2 Å². The molecule has 52 valence electrons. The normalized spacial score (nSPS) is 23.3. The molecule has 1 aliphatic rings. The van der Waals surface area contributed by atoms with E-state index >= 15 is 0 Å². The molecule has 1 unspecified atom stereocenters. The summed E-state index contributed by atoms with van der Waals surface area (Å²) in [5.41, 5.74) is 0. The van der Waals surface area contributed by atoms with Crippen LogP contribution in [-0.2, 0) is 9.59 Å². The Bertz CT molecular complexity index is 212. The van der Waals surface area contributed by atoms with Gasteiger partial charge in [-0.2, -0.15) is 0 Å². The maximum atomic E-state index is 10.7. The minimum Gasteiger partial charge on any atom is -0.299 e. The zero-order valence-corrected chi connectivity index (χ0v) is 5.57. The molecule has 0 aromatic heterocycles. The number of hydrogen-bond acceptors (Lipinski definition) is 2. The third kappa shape index (κ3) is 1.37. The number of Topliss-reactive ketones (excluding diaryl/α,β-unsaturated/α-hetero) is 1. The molecule has 3 nitrogen and oxygen atoms in total. The lowest BCUT2D eigenvalue weighted by atomic mass is 10.1. The SMILES string of the molecule is CC(=O)C1C=CC(=O)N=C1. The molecule has 0 radical (unpaired) electrons. The van der Waals surface area contributed by atoms with Crippen LogP contribution in [-0.4, -0.2) is 17.9 Å². The first kappa shape index (κ1) is 6.86. The molecular weight excluding hydrogens is 130 g/mol. The summed E-state index contributed by atoms with van der Waals surface area (Å²) >= 11 is 0. The topological polar surface area (TPSA) is 46.5 Å². The van der Waals surface area contributed by atoms with Gasteiger partial charge in [0.2, 0.25) is 0 Å². The lowest BCUT2D eigenvalue weighted by molar-refractivity contribution is -0.117. The van der Waals surface area contributed by atoms with Crippen LogP contribution in [0.5, 0.6) is 0 Å². The second-order valence-corrected chi connectivity index (χ2v) is 2.11. The van der Waals surface area contributed by atoms with Gasteiger partial charge in [0.25, 0.3) is 5.91 Å². The number of aliphatic imine (C=N–C) groups is 1. The van der Waals surface area contributed by atoms with Crippen LogP contribution in [0.4, 0.5) is 0 Å². The Morgan fingerprint density at radius 1 is 1.70 bits per heavy atom. The van der Waals surface area contributed by atoms with Gasteiger partial charge in [-0.15, -0.1) is 0 Å². The van der Waals surface area contributed by atoms with Crippen molar-refractivity contribution in [3.8, 4) is 0 Å². The third-order valence-corrected chi connectivity index (χ3v) is 1.28. The Morgan fingerprint density at radius 2 is 2.40 bits per heavy atom. The van der Waals surface area contributed by atoms with Gasteiger partial charge in [0.05, 0.1) is 5.92 Å². The van der Waals surface area contributed by atoms with Crippen molar-refractivity contribution in [2.45, 2.75) is 6.92 Å². The maximum absolute atomic E-state index is 10.7. The predicted octanol–water partition coefficient (Wildman–Crippen LogP) is 0.359. The van der Waals surface area contributed by atoms with Crippen molar-refractivity contribution in [2.75, 3.05) is 0 Å². The summed E-state index contributed by atoms with van der Waals surface area (Å²) in [6.07, 6.45) is 4.23. The van der Waals surface area contributed by atoms with E-state index in [0.717, 1.165) is 0 Å². The van der Waals surface area contributed by atoms with Crippen molar-refractivity contribution in [1.29, 1.82) is 0 Å². The summed E-state index contributed by atoms with van der Waals surface area (Å²) in [6, 6.07) is 0. The van der Waals surface area contributed by atoms with Gasteiger partial charge in [-0.05, 0) is 6.92 Å². The quantitative estimate of drug-likeness (QED) is 0.523. The number of hydrogen-bond donors (Lipinski definition) is 0. The first-order chi connectivity index (χ1) is 4.70. The smallest absolute Gasteiger partial charge is 0.269 e. The van der Waals surface area contributed by atoms with Gasteiger partial charge >= 0.3 is 0 Å². The summed E-state index contributed by atoms with van der Waals surface area (Å²) in [5, 5.41) is 0. The molecule has 1 atom stereocenters. The van der Waals surface area contributed by atoms with Gasteiger partial charge in [0.15, 0.2) is 0 Å². The molecule has 1 rings (SSSR count). The van der Waals surface area contributed by atoms with E-state index in [2.05, 4.69) is 4.99 Å². The number of dihydropyridines is 1. The van der Waals surface area contributed by atoms with E-state index in [1.165, 1.54) is 19.2 Å². The van der Waals surface area contributed by atoms with E-state index in [4.69, 9.17) is 0 Å². The molecule has 0 aromatic carbocycles. The number of carbonyl (C=O) groups is 2. The van der Waals surface area contributed by atoms with Crippen molar-refractivity contribution in [2.24, 2.45) is 10.9 Å². The third-order valence-electron chi connectivity index (χ3n) is 1.28. The van der Waals surface area contributed by atoms with Crippen LogP contribution in [0.1, 0.15) is 6.92 Å². The molecule has 0 aromatic rings. The van der Waals surface area contributed by atoms with Crippen molar-refractivity contribution >= 4 is 17.9 Å². The molecule has 0 saturated carbocycles. The van der Waals surface area contributed by atoms with Crippen LogP contribution in [0.2, 0.25) is 0 Å². The fourth-order valence-corrected chi connectivity index (χ4v) is 0.673. The van der Waals surface area contributed by atoms with E-state index in [-0.39, 0.29) is 17.6 Å². The van der Waals surface area contributed by atoms with Gasteiger partial charge in [-0.3, -0.25) is 9.59 Å².